The first-order chi connectivity index (χ1) is 13.6. The molecule has 28 heavy (non-hydrogen) atoms. The molecule has 3 rings (SSSR count). The maximum atomic E-state index is 12.6. The van der Waals surface area contributed by atoms with E-state index in [0.29, 0.717) is 32.4 Å². The molecule has 2 amide bonds. The van der Waals surface area contributed by atoms with Crippen LogP contribution < -0.4 is 20.1 Å². The Bertz CT molecular complexity index is 829. The highest BCUT2D eigenvalue weighted by atomic mass is 16.5. The van der Waals surface area contributed by atoms with Crippen LogP contribution in [0.25, 0.3) is 0 Å². The second kappa shape index (κ2) is 8.78. The summed E-state index contributed by atoms with van der Waals surface area (Å²) in [6.45, 7) is 0.830. The molecule has 1 aliphatic carbocycles. The average Bonchev–Trinajstić information content (AvgIpc) is 3.55. The van der Waals surface area contributed by atoms with E-state index in [0.717, 1.165) is 22.6 Å². The molecule has 0 aliphatic heterocycles. The van der Waals surface area contributed by atoms with E-state index in [4.69, 9.17) is 9.47 Å². The van der Waals surface area contributed by atoms with E-state index in [2.05, 4.69) is 10.6 Å². The third-order valence-electron chi connectivity index (χ3n) is 5.11. The van der Waals surface area contributed by atoms with Crippen LogP contribution in [-0.2, 0) is 22.6 Å². The van der Waals surface area contributed by atoms with Gasteiger partial charge in [-0.2, -0.15) is 0 Å². The largest absolute Gasteiger partial charge is 0.497 e. The van der Waals surface area contributed by atoms with E-state index in [1.54, 1.807) is 14.2 Å². The highest BCUT2D eigenvalue weighted by Gasteiger charge is 2.56. The molecule has 6 heteroatoms. The van der Waals surface area contributed by atoms with Crippen LogP contribution in [0.4, 0.5) is 0 Å². The number of benzene rings is 2. The Morgan fingerprint density at radius 3 is 2.25 bits per heavy atom. The fourth-order valence-electron chi connectivity index (χ4n) is 3.16. The van der Waals surface area contributed by atoms with Gasteiger partial charge in [0.05, 0.1) is 14.2 Å². The summed E-state index contributed by atoms with van der Waals surface area (Å²) in [5.41, 5.74) is 1.06. The number of hydrogen-bond donors (Lipinski definition) is 2. The number of methoxy groups -OCH3 is 2. The summed E-state index contributed by atoms with van der Waals surface area (Å²) in [7, 11) is 3.22. The molecule has 1 saturated carbocycles. The van der Waals surface area contributed by atoms with E-state index in [1.807, 2.05) is 48.5 Å². The van der Waals surface area contributed by atoms with Crippen molar-refractivity contribution in [3.05, 3.63) is 59.7 Å². The molecule has 148 valence electrons. The minimum atomic E-state index is -0.929. The lowest BCUT2D eigenvalue weighted by Crippen LogP contribution is -2.43. The van der Waals surface area contributed by atoms with Crippen LogP contribution in [0.5, 0.6) is 11.5 Å². The Hall–Kier alpha value is -3.02. The molecule has 0 bridgehead atoms. The summed E-state index contributed by atoms with van der Waals surface area (Å²) >= 11 is 0. The first kappa shape index (κ1) is 19.7. The van der Waals surface area contributed by atoms with Gasteiger partial charge < -0.3 is 20.1 Å². The number of para-hydroxylation sites is 1. The Labute approximate surface area is 165 Å². The van der Waals surface area contributed by atoms with E-state index >= 15 is 0 Å². The van der Waals surface area contributed by atoms with Gasteiger partial charge in [-0.05, 0) is 43.0 Å². The van der Waals surface area contributed by atoms with Crippen molar-refractivity contribution in [2.24, 2.45) is 5.41 Å². The third kappa shape index (κ3) is 4.44. The van der Waals surface area contributed by atoms with Crippen molar-refractivity contribution in [2.75, 3.05) is 20.8 Å². The summed E-state index contributed by atoms with van der Waals surface area (Å²) in [5.74, 6) is 1.10. The number of hydrogen-bond acceptors (Lipinski definition) is 4. The van der Waals surface area contributed by atoms with E-state index in [-0.39, 0.29) is 11.8 Å². The summed E-state index contributed by atoms with van der Waals surface area (Å²) < 4.78 is 10.4. The molecule has 2 aromatic rings. The van der Waals surface area contributed by atoms with Crippen LogP contribution in [0.3, 0.4) is 0 Å². The van der Waals surface area contributed by atoms with Crippen LogP contribution in [0.2, 0.25) is 0 Å². The first-order valence-electron chi connectivity index (χ1n) is 9.40. The minimum Gasteiger partial charge on any atom is -0.497 e. The van der Waals surface area contributed by atoms with Gasteiger partial charge in [0.25, 0.3) is 0 Å². The van der Waals surface area contributed by atoms with Crippen LogP contribution >= 0.6 is 0 Å². The highest BCUT2D eigenvalue weighted by molar-refractivity contribution is 6.07. The molecule has 2 N–H and O–H groups in total. The predicted octanol–water partition coefficient (Wildman–Crippen LogP) is 2.46. The topological polar surface area (TPSA) is 76.7 Å². The Morgan fingerprint density at radius 2 is 1.61 bits per heavy atom. The Balaban J connectivity index is 1.49. The summed E-state index contributed by atoms with van der Waals surface area (Å²) in [5, 5.41) is 5.79. The monoisotopic (exact) mass is 382 g/mol. The molecule has 1 fully saturated rings. The molecular weight excluding hydrogens is 356 g/mol. The SMILES string of the molecule is COc1ccc(CCNC(=O)C2(C(=O)NCc3ccccc3OC)CC2)cc1. The van der Waals surface area contributed by atoms with Gasteiger partial charge in [-0.1, -0.05) is 30.3 Å². The van der Waals surface area contributed by atoms with Gasteiger partial charge in [-0.25, -0.2) is 0 Å². The van der Waals surface area contributed by atoms with Crippen molar-refractivity contribution in [1.82, 2.24) is 10.6 Å². The summed E-state index contributed by atoms with van der Waals surface area (Å²) in [6.07, 6.45) is 1.87. The number of rotatable bonds is 9. The van der Waals surface area contributed by atoms with Crippen molar-refractivity contribution in [3.8, 4) is 11.5 Å². The zero-order chi connectivity index (χ0) is 20.0. The van der Waals surface area contributed by atoms with Crippen molar-refractivity contribution < 1.29 is 19.1 Å². The second-order valence-corrected chi connectivity index (χ2v) is 6.93. The van der Waals surface area contributed by atoms with E-state index in [9.17, 15) is 9.59 Å². The lowest BCUT2D eigenvalue weighted by atomic mass is 10.0. The standard InChI is InChI=1S/C22H26N2O4/c1-27-18-9-7-16(8-10-18)11-14-23-20(25)22(12-13-22)21(26)24-15-17-5-3-4-6-19(17)28-2/h3-10H,11-15H2,1-2H3,(H,23,25)(H,24,26). The minimum absolute atomic E-state index is 0.196. The van der Waals surface area contributed by atoms with E-state index in [1.165, 1.54) is 0 Å². The lowest BCUT2D eigenvalue weighted by Gasteiger charge is -2.16. The van der Waals surface area contributed by atoms with Crippen molar-refractivity contribution in [3.63, 3.8) is 0 Å². The van der Waals surface area contributed by atoms with Crippen LogP contribution in [0.15, 0.2) is 48.5 Å². The molecule has 1 aliphatic rings. The van der Waals surface area contributed by atoms with Gasteiger partial charge >= 0.3 is 0 Å². The molecule has 0 radical (unpaired) electrons. The smallest absolute Gasteiger partial charge is 0.235 e. The first-order valence-corrected chi connectivity index (χ1v) is 9.40. The molecule has 0 aromatic heterocycles. The number of nitrogens with one attached hydrogen (secondary N) is 2. The van der Waals surface area contributed by atoms with E-state index < -0.39 is 5.41 Å². The molecule has 0 heterocycles. The van der Waals surface area contributed by atoms with Crippen LogP contribution in [0.1, 0.15) is 24.0 Å². The summed E-state index contributed by atoms with van der Waals surface area (Å²) in [4.78, 5) is 25.2. The zero-order valence-electron chi connectivity index (χ0n) is 16.3. The lowest BCUT2D eigenvalue weighted by molar-refractivity contribution is -0.137. The van der Waals surface area contributed by atoms with Crippen molar-refractivity contribution in [2.45, 2.75) is 25.8 Å². The summed E-state index contributed by atoms with van der Waals surface area (Å²) in [6, 6.07) is 15.2. The third-order valence-corrected chi connectivity index (χ3v) is 5.11. The molecule has 6 nitrogen and oxygen atoms in total. The van der Waals surface area contributed by atoms with Crippen LogP contribution in [-0.4, -0.2) is 32.6 Å². The van der Waals surface area contributed by atoms with Gasteiger partial charge in [0.1, 0.15) is 16.9 Å². The Kier molecular flexibility index (Phi) is 6.19. The fraction of sp³-hybridized carbons (Fsp3) is 0.364. The van der Waals surface area contributed by atoms with Crippen molar-refractivity contribution >= 4 is 11.8 Å². The number of carbonyl (C=O) groups excluding carboxylic acids is 2. The molecule has 0 saturated heterocycles. The Morgan fingerprint density at radius 1 is 0.929 bits per heavy atom. The second-order valence-electron chi connectivity index (χ2n) is 6.93. The molecule has 0 unspecified atom stereocenters. The quantitative estimate of drug-likeness (QED) is 0.653. The average molecular weight is 382 g/mol. The van der Waals surface area contributed by atoms with Gasteiger partial charge in [-0.3, -0.25) is 9.59 Å². The van der Waals surface area contributed by atoms with Gasteiger partial charge in [0.15, 0.2) is 0 Å². The molecule has 2 aromatic carbocycles. The normalized spacial score (nSPS) is 14.1. The van der Waals surface area contributed by atoms with Gasteiger partial charge in [-0.15, -0.1) is 0 Å². The van der Waals surface area contributed by atoms with Gasteiger partial charge in [0.2, 0.25) is 11.8 Å². The van der Waals surface area contributed by atoms with Crippen molar-refractivity contribution in [1.29, 1.82) is 0 Å². The van der Waals surface area contributed by atoms with Gasteiger partial charge in [0, 0.05) is 18.7 Å². The predicted molar refractivity (Wildman–Crippen MR) is 106 cm³/mol. The number of ether oxygens (including phenoxy) is 2. The van der Waals surface area contributed by atoms with Crippen LogP contribution in [0, 0.1) is 5.41 Å². The molecular formula is C22H26N2O4. The molecule has 0 atom stereocenters. The maximum absolute atomic E-state index is 12.6. The number of carbonyl (C=O) groups is 2. The maximum Gasteiger partial charge on any atom is 0.235 e. The fourth-order valence-corrected chi connectivity index (χ4v) is 3.16. The molecule has 0 spiro atoms. The number of amides is 2. The zero-order valence-corrected chi connectivity index (χ0v) is 16.3. The highest BCUT2D eigenvalue weighted by Crippen LogP contribution is 2.46.